The summed E-state index contributed by atoms with van der Waals surface area (Å²) in [5.74, 6) is 3.66. The largest absolute Gasteiger partial charge is 0.507 e. The van der Waals surface area contributed by atoms with E-state index in [-0.39, 0.29) is 44.7 Å². The third kappa shape index (κ3) is 16.8. The molecular weight excluding hydrogens is 1220 g/mol. The van der Waals surface area contributed by atoms with Crippen LogP contribution in [0.25, 0.3) is 21.5 Å². The lowest BCUT2D eigenvalue weighted by molar-refractivity contribution is 0.245. The predicted octanol–water partition coefficient (Wildman–Crippen LogP) is 19.3. The standard InChI is InChI=1S/C86H92N4O8/c1-83(2,3)67-43-59-39-63-47-69(85(7,8)9)49-65(81(63)97-37-17-35-95-71-29-23-55(24-30-71)51-87-89-53-75-73-21-15-13-19-57(73)27-33-77(75)91)41-61-45-68(84(4,5)6)46-62(80(61)94)42-66-50-70(86(10,11)12)48-64(40-60(44-67)79(59)93)82(66)98-38-18-36-96-72-31-25-56(26-32-72)52-88-90-54-76-74-22-16-14-20-58(74)28-34-78(76)92/h13-16,19-34,43-54,91-94H,17-18,35-42H2,1-12H3/b87-51+,88-52+,89-53+,90-54+. The monoisotopic (exact) mass is 1310 g/mol. The van der Waals surface area contributed by atoms with Crippen molar-refractivity contribution in [3.05, 3.63) is 259 Å². The predicted molar refractivity (Wildman–Crippen MR) is 401 cm³/mol. The third-order valence-electron chi connectivity index (χ3n) is 18.2. The van der Waals surface area contributed by atoms with Gasteiger partial charge in [-0.15, -0.1) is 0 Å². The second-order valence-corrected chi connectivity index (χ2v) is 29.9. The summed E-state index contributed by atoms with van der Waals surface area (Å²) < 4.78 is 26.7. The van der Waals surface area contributed by atoms with Crippen molar-refractivity contribution in [1.29, 1.82) is 0 Å². The maximum atomic E-state index is 12.9. The van der Waals surface area contributed by atoms with Gasteiger partial charge in [-0.25, -0.2) is 0 Å². The van der Waals surface area contributed by atoms with Crippen LogP contribution in [0.3, 0.4) is 0 Å². The van der Waals surface area contributed by atoms with Crippen LogP contribution in [-0.4, -0.2) is 71.7 Å². The summed E-state index contributed by atoms with van der Waals surface area (Å²) in [5, 5.41) is 67.8. The number of rotatable bonds is 18. The number of phenols is 4. The first-order valence-corrected chi connectivity index (χ1v) is 34.0. The number of benzene rings is 10. The number of aromatic hydroxyl groups is 4. The van der Waals surface area contributed by atoms with E-state index in [2.05, 4.69) is 152 Å². The van der Waals surface area contributed by atoms with Gasteiger partial charge in [0.25, 0.3) is 0 Å². The highest BCUT2D eigenvalue weighted by Crippen LogP contribution is 2.44. The second-order valence-electron chi connectivity index (χ2n) is 29.9. The second kappa shape index (κ2) is 29.3. The molecule has 10 aromatic rings. The highest BCUT2D eigenvalue weighted by molar-refractivity contribution is 6.03. The van der Waals surface area contributed by atoms with E-state index in [9.17, 15) is 20.4 Å². The van der Waals surface area contributed by atoms with Gasteiger partial charge in [0.15, 0.2) is 0 Å². The Morgan fingerprint density at radius 1 is 0.327 bits per heavy atom. The molecule has 4 N–H and O–H groups in total. The third-order valence-corrected chi connectivity index (χ3v) is 18.2. The Balaban J connectivity index is 0.864. The molecule has 1 aliphatic carbocycles. The summed E-state index contributed by atoms with van der Waals surface area (Å²) in [5.41, 5.74) is 13.3. The van der Waals surface area contributed by atoms with Crippen molar-refractivity contribution in [3.63, 3.8) is 0 Å². The molecule has 12 nitrogen and oxygen atoms in total. The fraction of sp³-hybridized carbons (Fsp3) is 0.302. The van der Waals surface area contributed by atoms with Crippen LogP contribution in [0.5, 0.6) is 46.0 Å². The molecule has 0 saturated heterocycles. The van der Waals surface area contributed by atoms with Crippen LogP contribution in [0.4, 0.5) is 0 Å². The minimum atomic E-state index is -0.266. The molecule has 0 aromatic heterocycles. The molecule has 10 aromatic carbocycles. The minimum Gasteiger partial charge on any atom is -0.507 e. The average Bonchev–Trinajstić information content (AvgIpc) is 0.769. The molecule has 0 atom stereocenters. The summed E-state index contributed by atoms with van der Waals surface area (Å²) >= 11 is 0. The zero-order chi connectivity index (χ0) is 69.5. The van der Waals surface area contributed by atoms with Crippen LogP contribution in [0.2, 0.25) is 0 Å². The van der Waals surface area contributed by atoms with E-state index >= 15 is 0 Å². The van der Waals surface area contributed by atoms with Gasteiger partial charge in [-0.3, -0.25) is 0 Å². The summed E-state index contributed by atoms with van der Waals surface area (Å²) in [7, 11) is 0. The highest BCUT2D eigenvalue weighted by Gasteiger charge is 2.29. The molecular formula is C86H92N4O8. The van der Waals surface area contributed by atoms with E-state index in [1.807, 2.05) is 109 Å². The summed E-state index contributed by atoms with van der Waals surface area (Å²) in [6.07, 6.45) is 9.19. The zero-order valence-electron chi connectivity index (χ0n) is 58.8. The molecule has 8 bridgehead atoms. The van der Waals surface area contributed by atoms with Gasteiger partial charge in [0.05, 0.1) is 51.3 Å². The van der Waals surface area contributed by atoms with Gasteiger partial charge in [0.1, 0.15) is 46.0 Å². The number of hydrogen-bond acceptors (Lipinski definition) is 12. The fourth-order valence-electron chi connectivity index (χ4n) is 12.4. The van der Waals surface area contributed by atoms with E-state index in [0.717, 1.165) is 111 Å². The Hall–Kier alpha value is -10.2. The van der Waals surface area contributed by atoms with Crippen LogP contribution < -0.4 is 18.9 Å². The van der Waals surface area contributed by atoms with E-state index in [1.165, 1.54) is 0 Å². The van der Waals surface area contributed by atoms with Crippen LogP contribution in [-0.2, 0) is 47.3 Å². The SMILES string of the molecule is CC(C)(C)c1cc2c(O)c(c1)Cc1cc(C(C)(C)C)cc(c1OCCCOc1ccc(/C=N/N=C/c3c(O)ccc4ccccc34)cc1)Cc1cc(C(C)(C)C)cc(c1O)Cc1cc(C(C)(C)C)cc(c1OCCCOc1ccc(/C=N/N=C/c3c(O)ccc4ccccc34)cc1)C2. The van der Waals surface area contributed by atoms with E-state index in [0.29, 0.717) is 87.6 Å². The Labute approximate surface area is 577 Å². The molecule has 0 radical (unpaired) electrons. The number of fused-ring (bicyclic) bond motifs is 10. The smallest absolute Gasteiger partial charge is 0.126 e. The first-order chi connectivity index (χ1) is 46.7. The molecule has 0 fully saturated rings. The Morgan fingerprint density at radius 3 is 0.929 bits per heavy atom. The summed E-state index contributed by atoms with van der Waals surface area (Å²) in [6, 6.07) is 55.8. The Kier molecular flexibility index (Phi) is 20.6. The maximum Gasteiger partial charge on any atom is 0.126 e. The van der Waals surface area contributed by atoms with Crippen LogP contribution >= 0.6 is 0 Å². The zero-order valence-corrected chi connectivity index (χ0v) is 58.8. The summed E-state index contributed by atoms with van der Waals surface area (Å²) in [6.45, 7) is 28.2. The van der Waals surface area contributed by atoms with Gasteiger partial charge in [-0.05, 0) is 182 Å². The van der Waals surface area contributed by atoms with E-state index in [1.54, 1.807) is 37.0 Å². The number of ether oxygens (including phenoxy) is 4. The molecule has 0 amide bonds. The molecule has 1 aliphatic rings. The van der Waals surface area contributed by atoms with Crippen molar-refractivity contribution in [1.82, 2.24) is 0 Å². The normalized spacial score (nSPS) is 13.2. The van der Waals surface area contributed by atoms with Crippen molar-refractivity contribution in [2.75, 3.05) is 26.4 Å². The van der Waals surface area contributed by atoms with Crippen molar-refractivity contribution in [2.45, 2.75) is 143 Å². The topological polar surface area (TPSA) is 167 Å². The van der Waals surface area contributed by atoms with Crippen LogP contribution in [0.15, 0.2) is 190 Å². The maximum absolute atomic E-state index is 12.9. The molecule has 0 spiro atoms. The molecule has 0 unspecified atom stereocenters. The summed E-state index contributed by atoms with van der Waals surface area (Å²) in [4.78, 5) is 0. The molecule has 0 aliphatic heterocycles. The van der Waals surface area contributed by atoms with Crippen molar-refractivity contribution in [2.24, 2.45) is 20.4 Å². The number of nitrogens with zero attached hydrogens (tertiary/aromatic N) is 4. The lowest BCUT2D eigenvalue weighted by atomic mass is 9.79. The quantitative estimate of drug-likeness (QED) is 0.0374. The first kappa shape index (κ1) is 69.2. The Morgan fingerprint density at radius 2 is 0.612 bits per heavy atom. The lowest BCUT2D eigenvalue weighted by Gasteiger charge is -2.28. The van der Waals surface area contributed by atoms with Gasteiger partial charge in [-0.1, -0.05) is 192 Å². The Bertz CT molecular complexity index is 4260. The molecule has 0 heterocycles. The van der Waals surface area contributed by atoms with Crippen LogP contribution in [0, 0.1) is 0 Å². The highest BCUT2D eigenvalue weighted by atomic mass is 16.5. The first-order valence-electron chi connectivity index (χ1n) is 34.0. The molecule has 0 saturated carbocycles. The van der Waals surface area contributed by atoms with Crippen molar-refractivity contribution >= 4 is 46.4 Å². The average molecular weight is 1310 g/mol. The van der Waals surface area contributed by atoms with Gasteiger partial charge < -0.3 is 39.4 Å². The van der Waals surface area contributed by atoms with Crippen LogP contribution in [0.1, 0.15) is 185 Å². The van der Waals surface area contributed by atoms with Gasteiger partial charge in [0, 0.05) is 49.7 Å². The van der Waals surface area contributed by atoms with E-state index < -0.39 is 0 Å². The van der Waals surface area contributed by atoms with Gasteiger partial charge >= 0.3 is 0 Å². The molecule has 504 valence electrons. The molecule has 98 heavy (non-hydrogen) atoms. The molecule has 11 rings (SSSR count). The molecule has 12 heteroatoms. The van der Waals surface area contributed by atoms with Crippen molar-refractivity contribution in [3.8, 4) is 46.0 Å². The minimum absolute atomic E-state index is 0.144. The fourth-order valence-corrected chi connectivity index (χ4v) is 12.4. The number of hydrogen-bond donors (Lipinski definition) is 4. The van der Waals surface area contributed by atoms with E-state index in [4.69, 9.17) is 18.9 Å². The van der Waals surface area contributed by atoms with Crippen molar-refractivity contribution < 1.29 is 39.4 Å². The number of phenolic OH excluding ortho intramolecular Hbond substituents is 4. The van der Waals surface area contributed by atoms with Gasteiger partial charge in [-0.2, -0.15) is 20.4 Å². The lowest BCUT2D eigenvalue weighted by Crippen LogP contribution is -2.17. The van der Waals surface area contributed by atoms with Gasteiger partial charge in [0.2, 0.25) is 0 Å².